The van der Waals surface area contributed by atoms with Gasteiger partial charge >= 0.3 is 18.0 Å². The van der Waals surface area contributed by atoms with Crippen molar-refractivity contribution in [3.05, 3.63) is 58.6 Å². The van der Waals surface area contributed by atoms with Crippen LogP contribution >= 0.6 is 0 Å². The van der Waals surface area contributed by atoms with Gasteiger partial charge in [-0.05, 0) is 51.8 Å². The van der Waals surface area contributed by atoms with Crippen LogP contribution in [0.5, 0.6) is 0 Å². The molecule has 0 saturated carbocycles. The summed E-state index contributed by atoms with van der Waals surface area (Å²) >= 11 is 0. The molecule has 9 nitrogen and oxygen atoms in total. The number of carbonyl (C=O) groups excluding carboxylic acids is 3. The Morgan fingerprint density at radius 3 is 2.56 bits per heavy atom. The second kappa shape index (κ2) is 10.1. The highest BCUT2D eigenvalue weighted by Crippen LogP contribution is 2.20. The largest absolute Gasteiger partial charge is 0.463 e. The number of amides is 2. The highest BCUT2D eigenvalue weighted by Gasteiger charge is 2.30. The third kappa shape index (κ3) is 5.16. The summed E-state index contributed by atoms with van der Waals surface area (Å²) in [7, 11) is 0. The summed E-state index contributed by atoms with van der Waals surface area (Å²) in [5.41, 5.74) is 4.24. The minimum absolute atomic E-state index is 0.145. The first-order valence-electron chi connectivity index (χ1n) is 10.6. The zero-order chi connectivity index (χ0) is 23.3. The normalized spacial score (nSPS) is 15.8. The van der Waals surface area contributed by atoms with Crippen LogP contribution in [0.15, 0.2) is 41.6 Å². The standard InChI is InChI=1S/C23H28N4O5/c1-5-31-22(29)21-15(3)24-23(30)25-19(21)13-32-20(28)12-11-18-14(2)26-27(16(18)4)17-9-7-6-8-10-17/h6-10,15H,5,11-13H2,1-4H3,(H2,24,25,30). The predicted molar refractivity (Wildman–Crippen MR) is 117 cm³/mol. The summed E-state index contributed by atoms with van der Waals surface area (Å²) in [6, 6.07) is 8.77. The van der Waals surface area contributed by atoms with Crippen molar-refractivity contribution in [3.63, 3.8) is 0 Å². The second-order valence-electron chi connectivity index (χ2n) is 7.49. The molecule has 2 aromatic rings. The Morgan fingerprint density at radius 1 is 1.16 bits per heavy atom. The third-order valence-corrected chi connectivity index (χ3v) is 5.26. The molecular formula is C23H28N4O5. The molecule has 3 rings (SSSR count). The molecule has 1 aliphatic heterocycles. The number of hydrogen-bond donors (Lipinski definition) is 2. The lowest BCUT2D eigenvalue weighted by atomic mass is 10.0. The minimum Gasteiger partial charge on any atom is -0.463 e. The molecule has 2 N–H and O–H groups in total. The first-order chi connectivity index (χ1) is 15.3. The number of aromatic nitrogens is 2. The number of benzene rings is 1. The molecule has 2 heterocycles. The van der Waals surface area contributed by atoms with E-state index in [1.807, 2.05) is 48.9 Å². The molecule has 1 aromatic heterocycles. The van der Waals surface area contributed by atoms with Crippen LogP contribution in [0.4, 0.5) is 4.79 Å². The lowest BCUT2D eigenvalue weighted by molar-refractivity contribution is -0.143. The van der Waals surface area contributed by atoms with Gasteiger partial charge in [0.05, 0.1) is 35.3 Å². The van der Waals surface area contributed by atoms with E-state index >= 15 is 0 Å². The zero-order valence-corrected chi connectivity index (χ0v) is 18.7. The number of urea groups is 1. The molecule has 0 fully saturated rings. The van der Waals surface area contributed by atoms with E-state index in [-0.39, 0.29) is 30.9 Å². The third-order valence-electron chi connectivity index (χ3n) is 5.26. The van der Waals surface area contributed by atoms with E-state index in [0.717, 1.165) is 22.6 Å². The van der Waals surface area contributed by atoms with Crippen molar-refractivity contribution in [2.45, 2.75) is 46.6 Å². The first kappa shape index (κ1) is 23.1. The molecule has 9 heteroatoms. The maximum Gasteiger partial charge on any atom is 0.338 e. The molecule has 1 aliphatic rings. The monoisotopic (exact) mass is 440 g/mol. The molecule has 0 bridgehead atoms. The smallest absolute Gasteiger partial charge is 0.338 e. The zero-order valence-electron chi connectivity index (χ0n) is 18.7. The van der Waals surface area contributed by atoms with Gasteiger partial charge in [-0.25, -0.2) is 14.3 Å². The van der Waals surface area contributed by atoms with E-state index in [4.69, 9.17) is 9.47 Å². The Morgan fingerprint density at radius 2 is 1.88 bits per heavy atom. The molecular weight excluding hydrogens is 412 g/mol. The number of para-hydroxylation sites is 1. The number of rotatable bonds is 8. The molecule has 1 aromatic carbocycles. The highest BCUT2D eigenvalue weighted by molar-refractivity contribution is 5.94. The quantitative estimate of drug-likeness (QED) is 0.610. The van der Waals surface area contributed by atoms with E-state index < -0.39 is 24.0 Å². The Kier molecular flexibility index (Phi) is 7.29. The van der Waals surface area contributed by atoms with E-state index in [1.165, 1.54) is 0 Å². The van der Waals surface area contributed by atoms with Crippen LogP contribution in [0.1, 0.15) is 37.2 Å². The molecule has 1 atom stereocenters. The topological polar surface area (TPSA) is 112 Å². The first-order valence-corrected chi connectivity index (χ1v) is 10.6. The predicted octanol–water partition coefficient (Wildman–Crippen LogP) is 2.48. The number of nitrogens with one attached hydrogen (secondary N) is 2. The lowest BCUT2D eigenvalue weighted by Gasteiger charge is -2.26. The second-order valence-corrected chi connectivity index (χ2v) is 7.49. The molecule has 0 aliphatic carbocycles. The van der Waals surface area contributed by atoms with Crippen LogP contribution in [-0.2, 0) is 25.5 Å². The lowest BCUT2D eigenvalue weighted by Crippen LogP contribution is -2.50. The molecule has 0 spiro atoms. The van der Waals surface area contributed by atoms with Gasteiger partial charge in [-0.3, -0.25) is 4.79 Å². The van der Waals surface area contributed by atoms with Crippen LogP contribution in [0.3, 0.4) is 0 Å². The maximum absolute atomic E-state index is 12.4. The van der Waals surface area contributed by atoms with Crippen molar-refractivity contribution >= 4 is 18.0 Å². The Labute approximate surface area is 186 Å². The fourth-order valence-electron chi connectivity index (χ4n) is 3.70. The molecule has 2 amide bonds. The summed E-state index contributed by atoms with van der Waals surface area (Å²) in [6.07, 6.45) is 0.614. The average Bonchev–Trinajstić information content (AvgIpc) is 3.04. The molecule has 1 unspecified atom stereocenters. The molecule has 0 saturated heterocycles. The molecule has 32 heavy (non-hydrogen) atoms. The van der Waals surface area contributed by atoms with Crippen molar-refractivity contribution in [2.75, 3.05) is 13.2 Å². The van der Waals surface area contributed by atoms with E-state index in [2.05, 4.69) is 15.7 Å². The summed E-state index contributed by atoms with van der Waals surface area (Å²) < 4.78 is 12.3. The molecule has 170 valence electrons. The van der Waals surface area contributed by atoms with E-state index in [0.29, 0.717) is 6.42 Å². The van der Waals surface area contributed by atoms with Gasteiger partial charge in [-0.15, -0.1) is 0 Å². The number of nitrogens with zero attached hydrogens (tertiary/aromatic N) is 2. The van der Waals surface area contributed by atoms with Gasteiger partial charge < -0.3 is 20.1 Å². The van der Waals surface area contributed by atoms with Crippen LogP contribution in [0.25, 0.3) is 5.69 Å². The summed E-state index contributed by atoms with van der Waals surface area (Å²) in [6.45, 7) is 7.23. The van der Waals surface area contributed by atoms with Crippen LogP contribution in [-0.4, -0.2) is 47.0 Å². The van der Waals surface area contributed by atoms with Gasteiger partial charge in [0.25, 0.3) is 0 Å². The Balaban J connectivity index is 1.65. The van der Waals surface area contributed by atoms with Crippen molar-refractivity contribution in [2.24, 2.45) is 0 Å². The van der Waals surface area contributed by atoms with E-state index in [1.54, 1.807) is 13.8 Å². The van der Waals surface area contributed by atoms with Gasteiger partial charge in [0, 0.05) is 12.1 Å². The van der Waals surface area contributed by atoms with Crippen molar-refractivity contribution in [1.82, 2.24) is 20.4 Å². The van der Waals surface area contributed by atoms with Crippen molar-refractivity contribution < 1.29 is 23.9 Å². The maximum atomic E-state index is 12.4. The van der Waals surface area contributed by atoms with Crippen LogP contribution < -0.4 is 10.6 Å². The van der Waals surface area contributed by atoms with Crippen LogP contribution in [0.2, 0.25) is 0 Å². The highest BCUT2D eigenvalue weighted by atomic mass is 16.5. The van der Waals surface area contributed by atoms with Crippen LogP contribution in [0, 0.1) is 13.8 Å². The number of hydrogen-bond acceptors (Lipinski definition) is 6. The minimum atomic E-state index is -0.557. The van der Waals surface area contributed by atoms with Crippen molar-refractivity contribution in [1.29, 1.82) is 0 Å². The van der Waals surface area contributed by atoms with Gasteiger partial charge in [0.2, 0.25) is 0 Å². The summed E-state index contributed by atoms with van der Waals surface area (Å²) in [4.78, 5) is 36.5. The number of ether oxygens (including phenoxy) is 2. The fraction of sp³-hybridized carbons (Fsp3) is 0.391. The summed E-state index contributed by atoms with van der Waals surface area (Å²) in [5, 5.41) is 9.74. The molecule has 0 radical (unpaired) electrons. The van der Waals surface area contributed by atoms with Gasteiger partial charge in [-0.2, -0.15) is 5.10 Å². The summed E-state index contributed by atoms with van der Waals surface area (Å²) in [5.74, 6) is -0.995. The van der Waals surface area contributed by atoms with E-state index in [9.17, 15) is 14.4 Å². The average molecular weight is 441 g/mol. The van der Waals surface area contributed by atoms with Gasteiger partial charge in [-0.1, -0.05) is 18.2 Å². The number of aryl methyl sites for hydroxylation is 1. The van der Waals surface area contributed by atoms with Gasteiger partial charge in [0.1, 0.15) is 6.61 Å². The Hall–Kier alpha value is -3.62. The number of esters is 2. The Bertz CT molecular complexity index is 1040. The fourth-order valence-corrected chi connectivity index (χ4v) is 3.70. The van der Waals surface area contributed by atoms with Crippen molar-refractivity contribution in [3.8, 4) is 5.69 Å². The number of carbonyl (C=O) groups is 3. The van der Waals surface area contributed by atoms with Gasteiger partial charge in [0.15, 0.2) is 0 Å². The SMILES string of the molecule is CCOC(=O)C1=C(COC(=O)CCc2c(C)nn(-c3ccccc3)c2C)NC(=O)NC1C.